The number of aliphatic imine (C=N–C) groups is 1. The van der Waals surface area contributed by atoms with Crippen LogP contribution in [0, 0.1) is 5.41 Å². The maximum absolute atomic E-state index is 7.01. The van der Waals surface area contributed by atoms with E-state index >= 15 is 0 Å². The van der Waals surface area contributed by atoms with Gasteiger partial charge in [0.05, 0.1) is 5.69 Å². The lowest BCUT2D eigenvalue weighted by Crippen LogP contribution is -2.21. The molecule has 0 atom stereocenters. The van der Waals surface area contributed by atoms with Gasteiger partial charge in [-0.3, -0.25) is 5.41 Å². The molecule has 11 heteroatoms. The fourth-order valence-electron chi connectivity index (χ4n) is 0.676. The summed E-state index contributed by atoms with van der Waals surface area (Å²) in [6.45, 7) is 0. The number of halogens is 2. The number of hydrogen-bond acceptors (Lipinski definition) is 5. The molecule has 1 heterocycles. The first-order valence-corrected chi connectivity index (χ1v) is 5.45. The third-order valence-corrected chi connectivity index (χ3v) is 2.67. The van der Waals surface area contributed by atoms with Crippen molar-refractivity contribution in [3.8, 4) is 0 Å². The summed E-state index contributed by atoms with van der Waals surface area (Å²) < 4.78 is 0. The van der Waals surface area contributed by atoms with Crippen LogP contribution in [-0.4, -0.2) is 21.6 Å². The Morgan fingerprint density at radius 1 is 1.41 bits per heavy atom. The average Bonchev–Trinajstić information content (AvgIpc) is 2.47. The van der Waals surface area contributed by atoms with E-state index in [0.717, 1.165) is 5.69 Å². The normalized spacial score (nSPS) is 8.00. The van der Waals surface area contributed by atoms with Crippen molar-refractivity contribution in [2.45, 2.75) is 5.75 Å². The predicted octanol–water partition coefficient (Wildman–Crippen LogP) is 0.194. The van der Waals surface area contributed by atoms with E-state index < -0.39 is 0 Å². The summed E-state index contributed by atoms with van der Waals surface area (Å²) in [6, 6.07) is 0. The van der Waals surface area contributed by atoms with Crippen molar-refractivity contribution in [3.63, 3.8) is 0 Å². The van der Waals surface area contributed by atoms with Gasteiger partial charge in [0, 0.05) is 11.1 Å². The highest BCUT2D eigenvalue weighted by molar-refractivity contribution is 8.13. The molecule has 100 valence electrons. The minimum atomic E-state index is -0.00915. The van der Waals surface area contributed by atoms with Crippen LogP contribution in [0.2, 0.25) is 0 Å². The molecule has 0 aromatic carbocycles. The highest BCUT2D eigenvalue weighted by Crippen LogP contribution is 2.21. The Balaban J connectivity index is -0.000000653. The van der Waals surface area contributed by atoms with Crippen LogP contribution in [-0.2, 0) is 5.75 Å². The highest BCUT2D eigenvalue weighted by Gasteiger charge is 2.01. The van der Waals surface area contributed by atoms with E-state index in [4.69, 9.17) is 22.6 Å². The fourth-order valence-corrected chi connectivity index (χ4v) is 1.94. The van der Waals surface area contributed by atoms with Gasteiger partial charge in [-0.15, -0.1) is 36.2 Å². The molecule has 0 aliphatic heterocycles. The van der Waals surface area contributed by atoms with Crippen LogP contribution in [0.1, 0.15) is 5.69 Å². The molecule has 17 heavy (non-hydrogen) atoms. The number of nitrogens with two attached hydrogens (primary N) is 3. The summed E-state index contributed by atoms with van der Waals surface area (Å²) in [5.74, 6) is 0.552. The second-order valence-corrected chi connectivity index (χ2v) is 4.16. The maximum Gasteiger partial charge on any atom is 0.212 e. The molecule has 0 aliphatic carbocycles. The van der Waals surface area contributed by atoms with Gasteiger partial charge >= 0.3 is 0 Å². The van der Waals surface area contributed by atoms with Gasteiger partial charge in [0.25, 0.3) is 0 Å². The van der Waals surface area contributed by atoms with Crippen molar-refractivity contribution in [3.05, 3.63) is 11.1 Å². The van der Waals surface area contributed by atoms with E-state index in [9.17, 15) is 0 Å². The number of hydrogen-bond donors (Lipinski definition) is 4. The van der Waals surface area contributed by atoms with Crippen molar-refractivity contribution in [1.82, 2.24) is 4.98 Å². The zero-order chi connectivity index (χ0) is 10.6. The van der Waals surface area contributed by atoms with Crippen molar-refractivity contribution in [2.75, 3.05) is 0 Å². The molecule has 0 saturated heterocycles. The van der Waals surface area contributed by atoms with Gasteiger partial charge in [-0.25, -0.2) is 4.98 Å². The number of guanidine groups is 1. The lowest BCUT2D eigenvalue weighted by atomic mass is 10.6. The summed E-state index contributed by atoms with van der Waals surface area (Å²) in [5, 5.41) is 9.43. The number of thioether (sulfide) groups is 1. The maximum atomic E-state index is 7.01. The van der Waals surface area contributed by atoms with E-state index in [2.05, 4.69) is 9.98 Å². The second kappa shape index (κ2) is 10.4. The van der Waals surface area contributed by atoms with E-state index in [1.807, 2.05) is 5.38 Å². The number of amidine groups is 1. The smallest absolute Gasteiger partial charge is 0.212 e. The van der Waals surface area contributed by atoms with Crippen LogP contribution in [0.25, 0.3) is 0 Å². The minimum Gasteiger partial charge on any atom is -0.412 e. The Morgan fingerprint density at radius 2 is 2.00 bits per heavy atom. The quantitative estimate of drug-likeness (QED) is 0.461. The monoisotopic (exact) mass is 320 g/mol. The van der Waals surface area contributed by atoms with Gasteiger partial charge < -0.3 is 22.7 Å². The van der Waals surface area contributed by atoms with Gasteiger partial charge in [-0.2, -0.15) is 4.99 Å². The van der Waals surface area contributed by atoms with Crippen LogP contribution in [0.3, 0.4) is 0 Å². The summed E-state index contributed by atoms with van der Waals surface area (Å²) in [4.78, 5) is 7.91. The topological polar surface area (TPSA) is 159 Å². The van der Waals surface area contributed by atoms with Crippen molar-refractivity contribution in [1.29, 1.82) is 5.41 Å². The molecule has 0 radical (unpaired) electrons. The van der Waals surface area contributed by atoms with E-state index in [0.29, 0.717) is 10.9 Å². The second-order valence-electron chi connectivity index (χ2n) is 2.31. The molecular formula is C6H14Cl2N6OS2. The predicted molar refractivity (Wildman–Crippen MR) is 78.9 cm³/mol. The van der Waals surface area contributed by atoms with Crippen LogP contribution in [0.4, 0.5) is 5.13 Å². The van der Waals surface area contributed by atoms with Crippen LogP contribution in [0.5, 0.6) is 0 Å². The van der Waals surface area contributed by atoms with Crippen molar-refractivity contribution in [2.24, 2.45) is 22.2 Å². The Bertz CT molecular complexity index is 367. The van der Waals surface area contributed by atoms with Gasteiger partial charge in [-0.05, 0) is 0 Å². The third-order valence-electron chi connectivity index (χ3n) is 1.14. The van der Waals surface area contributed by atoms with Crippen LogP contribution >= 0.6 is 47.9 Å². The number of rotatable bonds is 3. The first kappa shape index (κ1) is 21.5. The SMILES string of the molecule is Cl.Cl.N=C(N)SCc1csc(N=C(N)N)n1.O. The molecular weight excluding hydrogens is 307 g/mol. The van der Waals surface area contributed by atoms with Crippen molar-refractivity contribution >= 4 is 64.2 Å². The third kappa shape index (κ3) is 9.01. The zero-order valence-electron chi connectivity index (χ0n) is 8.54. The van der Waals surface area contributed by atoms with Gasteiger partial charge in [-0.1, -0.05) is 11.8 Å². The fraction of sp³-hybridized carbons (Fsp3) is 0.167. The minimum absolute atomic E-state index is 0. The molecule has 0 spiro atoms. The molecule has 1 aromatic heterocycles. The van der Waals surface area contributed by atoms with E-state index in [1.54, 1.807) is 0 Å². The van der Waals surface area contributed by atoms with E-state index in [1.165, 1.54) is 23.1 Å². The molecule has 0 amide bonds. The summed E-state index contributed by atoms with van der Waals surface area (Å²) >= 11 is 2.56. The van der Waals surface area contributed by atoms with Gasteiger partial charge in [0.2, 0.25) is 5.13 Å². The molecule has 0 bridgehead atoms. The Kier molecular flexibility index (Phi) is 13.2. The average molecular weight is 321 g/mol. The molecule has 1 rings (SSSR count). The summed E-state index contributed by atoms with van der Waals surface area (Å²) in [6.07, 6.45) is 0. The standard InChI is InChI=1S/C6H10N6S2.2ClH.H2O/c7-4(8)12-6-11-3(2-14-6)1-13-5(9)10;;;/h2H,1H2,(H3,9,10)(H4,7,8,11,12);2*1H;1H2. The Labute approximate surface area is 119 Å². The summed E-state index contributed by atoms with van der Waals surface area (Å²) in [7, 11) is 0. The number of aromatic nitrogens is 1. The molecule has 0 aliphatic rings. The first-order valence-electron chi connectivity index (χ1n) is 3.59. The number of nitrogens with one attached hydrogen (secondary N) is 1. The Morgan fingerprint density at radius 3 is 2.47 bits per heavy atom. The summed E-state index contributed by atoms with van der Waals surface area (Å²) in [5.41, 5.74) is 16.4. The molecule has 1 aromatic rings. The number of nitrogens with zero attached hydrogens (tertiary/aromatic N) is 2. The first-order chi connectivity index (χ1) is 6.58. The van der Waals surface area contributed by atoms with Gasteiger partial charge in [0.1, 0.15) is 0 Å². The van der Waals surface area contributed by atoms with Crippen molar-refractivity contribution < 1.29 is 5.48 Å². The lowest BCUT2D eigenvalue weighted by Gasteiger charge is -1.93. The van der Waals surface area contributed by atoms with E-state index in [-0.39, 0.29) is 41.4 Å². The van der Waals surface area contributed by atoms with Crippen LogP contribution in [0.15, 0.2) is 10.4 Å². The van der Waals surface area contributed by atoms with Gasteiger partial charge in [0.15, 0.2) is 11.1 Å². The highest BCUT2D eigenvalue weighted by atomic mass is 35.5. The molecule has 0 unspecified atom stereocenters. The molecule has 0 saturated carbocycles. The Hall–Kier alpha value is -0.740. The zero-order valence-corrected chi connectivity index (χ0v) is 11.8. The largest absolute Gasteiger partial charge is 0.412 e. The molecule has 9 N–H and O–H groups in total. The van der Waals surface area contributed by atoms with Crippen LogP contribution < -0.4 is 17.2 Å². The lowest BCUT2D eigenvalue weighted by molar-refractivity contribution is 0.824. The molecule has 0 fully saturated rings. The number of thiazole rings is 1. The molecule has 7 nitrogen and oxygen atoms in total.